The van der Waals surface area contributed by atoms with E-state index in [0.717, 1.165) is 16.9 Å². The molecule has 146 valence electrons. The standard InChI is InChI=1S/C22H20N4O3/c1-29-18-9-7-16(8-10-18)14-23-21(27)15-25-11-12-26-20(22(25)28)13-19(24-26)17-5-3-2-4-6-17/h2-13H,14-15H2,1H3,(H,23,27). The molecule has 2 aromatic heterocycles. The minimum atomic E-state index is -0.262. The van der Waals surface area contributed by atoms with E-state index in [-0.39, 0.29) is 18.0 Å². The molecule has 0 unspecified atom stereocenters. The summed E-state index contributed by atoms with van der Waals surface area (Å²) in [6.07, 6.45) is 3.25. The summed E-state index contributed by atoms with van der Waals surface area (Å²) in [7, 11) is 1.61. The topological polar surface area (TPSA) is 77.6 Å². The van der Waals surface area contributed by atoms with Crippen LogP contribution in [0, 0.1) is 0 Å². The first-order valence-corrected chi connectivity index (χ1v) is 9.18. The van der Waals surface area contributed by atoms with Gasteiger partial charge in [0.05, 0.1) is 12.8 Å². The first kappa shape index (κ1) is 18.5. The molecule has 0 spiro atoms. The van der Waals surface area contributed by atoms with Gasteiger partial charge >= 0.3 is 0 Å². The number of amides is 1. The van der Waals surface area contributed by atoms with Gasteiger partial charge in [-0.1, -0.05) is 42.5 Å². The monoisotopic (exact) mass is 388 g/mol. The lowest BCUT2D eigenvalue weighted by atomic mass is 10.1. The van der Waals surface area contributed by atoms with Gasteiger partial charge in [0.1, 0.15) is 17.8 Å². The van der Waals surface area contributed by atoms with Crippen LogP contribution in [-0.4, -0.2) is 27.2 Å². The highest BCUT2D eigenvalue weighted by Crippen LogP contribution is 2.17. The lowest BCUT2D eigenvalue weighted by Crippen LogP contribution is -2.32. The third kappa shape index (κ3) is 4.03. The number of nitrogens with one attached hydrogen (secondary N) is 1. The molecule has 0 fully saturated rings. The van der Waals surface area contributed by atoms with Crippen molar-refractivity contribution in [3.8, 4) is 17.0 Å². The van der Waals surface area contributed by atoms with Gasteiger partial charge in [0.2, 0.25) is 5.91 Å². The fraction of sp³-hybridized carbons (Fsp3) is 0.136. The SMILES string of the molecule is COc1ccc(CNC(=O)Cn2ccn3nc(-c4ccccc4)cc3c2=O)cc1. The third-order valence-electron chi connectivity index (χ3n) is 4.64. The summed E-state index contributed by atoms with van der Waals surface area (Å²) in [6, 6.07) is 18.8. The van der Waals surface area contributed by atoms with Gasteiger partial charge in [-0.3, -0.25) is 9.59 Å². The molecule has 0 atom stereocenters. The summed E-state index contributed by atoms with van der Waals surface area (Å²) in [5.74, 6) is 0.519. The molecule has 0 aliphatic carbocycles. The summed E-state index contributed by atoms with van der Waals surface area (Å²) >= 11 is 0. The van der Waals surface area contributed by atoms with E-state index in [2.05, 4.69) is 10.4 Å². The Balaban J connectivity index is 1.48. The Morgan fingerprint density at radius 2 is 1.83 bits per heavy atom. The van der Waals surface area contributed by atoms with E-state index < -0.39 is 0 Å². The van der Waals surface area contributed by atoms with Crippen LogP contribution in [0.3, 0.4) is 0 Å². The maximum absolute atomic E-state index is 12.8. The average Bonchev–Trinajstić information content (AvgIpc) is 3.20. The number of methoxy groups -OCH3 is 1. The quantitative estimate of drug-likeness (QED) is 0.551. The van der Waals surface area contributed by atoms with Crippen molar-refractivity contribution in [3.05, 3.63) is 89.0 Å². The minimum absolute atomic E-state index is 0.0582. The molecule has 1 amide bonds. The normalized spacial score (nSPS) is 10.8. The Morgan fingerprint density at radius 3 is 2.55 bits per heavy atom. The van der Waals surface area contributed by atoms with Gasteiger partial charge in [0.25, 0.3) is 5.56 Å². The van der Waals surface area contributed by atoms with Gasteiger partial charge < -0.3 is 14.6 Å². The lowest BCUT2D eigenvalue weighted by Gasteiger charge is -2.08. The summed E-state index contributed by atoms with van der Waals surface area (Å²) in [6.45, 7) is 0.321. The fourth-order valence-corrected chi connectivity index (χ4v) is 3.06. The molecule has 0 saturated carbocycles. The van der Waals surface area contributed by atoms with Crippen LogP contribution in [0.5, 0.6) is 5.75 Å². The number of carbonyl (C=O) groups excluding carboxylic acids is 1. The van der Waals surface area contributed by atoms with Crippen LogP contribution in [0.4, 0.5) is 0 Å². The molecule has 1 N–H and O–H groups in total. The molecule has 2 heterocycles. The number of carbonyl (C=O) groups is 1. The van der Waals surface area contributed by atoms with Crippen molar-refractivity contribution < 1.29 is 9.53 Å². The Labute approximate surface area is 167 Å². The van der Waals surface area contributed by atoms with E-state index in [9.17, 15) is 9.59 Å². The van der Waals surface area contributed by atoms with E-state index in [4.69, 9.17) is 4.74 Å². The fourth-order valence-electron chi connectivity index (χ4n) is 3.06. The lowest BCUT2D eigenvalue weighted by molar-refractivity contribution is -0.121. The molecule has 0 saturated heterocycles. The van der Waals surface area contributed by atoms with Crippen LogP contribution in [0.25, 0.3) is 16.8 Å². The van der Waals surface area contributed by atoms with Gasteiger partial charge in [-0.2, -0.15) is 5.10 Å². The van der Waals surface area contributed by atoms with Crippen LogP contribution in [-0.2, 0) is 17.9 Å². The van der Waals surface area contributed by atoms with Gasteiger partial charge in [-0.25, -0.2) is 4.52 Å². The van der Waals surface area contributed by atoms with Crippen molar-refractivity contribution in [2.24, 2.45) is 0 Å². The van der Waals surface area contributed by atoms with E-state index in [1.807, 2.05) is 54.6 Å². The molecule has 7 nitrogen and oxygen atoms in total. The maximum Gasteiger partial charge on any atom is 0.277 e. The Kier molecular flexibility index (Phi) is 5.11. The molecule has 0 aliphatic rings. The molecule has 2 aromatic carbocycles. The predicted molar refractivity (Wildman–Crippen MR) is 110 cm³/mol. The van der Waals surface area contributed by atoms with Crippen molar-refractivity contribution in [1.82, 2.24) is 19.5 Å². The summed E-state index contributed by atoms with van der Waals surface area (Å²) in [5, 5.41) is 7.28. The molecular weight excluding hydrogens is 368 g/mol. The number of rotatable bonds is 6. The highest BCUT2D eigenvalue weighted by atomic mass is 16.5. The first-order valence-electron chi connectivity index (χ1n) is 9.18. The van der Waals surface area contributed by atoms with Crippen LogP contribution >= 0.6 is 0 Å². The van der Waals surface area contributed by atoms with Crippen molar-refractivity contribution in [2.75, 3.05) is 7.11 Å². The smallest absolute Gasteiger partial charge is 0.277 e. The number of nitrogens with zero attached hydrogens (tertiary/aromatic N) is 3. The van der Waals surface area contributed by atoms with Gasteiger partial charge in [0.15, 0.2) is 0 Å². The number of aromatic nitrogens is 3. The molecule has 4 rings (SSSR count). The second-order valence-electron chi connectivity index (χ2n) is 6.58. The van der Waals surface area contributed by atoms with Crippen molar-refractivity contribution in [2.45, 2.75) is 13.1 Å². The summed E-state index contributed by atoms with van der Waals surface area (Å²) < 4.78 is 8.04. The molecule has 0 radical (unpaired) electrons. The van der Waals surface area contributed by atoms with Crippen LogP contribution in [0.15, 0.2) is 77.9 Å². The number of benzene rings is 2. The molecule has 0 aliphatic heterocycles. The molecular formula is C22H20N4O3. The number of hydrogen-bond donors (Lipinski definition) is 1. The third-order valence-corrected chi connectivity index (χ3v) is 4.64. The van der Waals surface area contributed by atoms with E-state index in [1.165, 1.54) is 9.08 Å². The second kappa shape index (κ2) is 8.02. The Morgan fingerprint density at radius 1 is 1.07 bits per heavy atom. The van der Waals surface area contributed by atoms with Gasteiger partial charge in [0, 0.05) is 24.5 Å². The highest BCUT2D eigenvalue weighted by Gasteiger charge is 2.11. The molecule has 0 bridgehead atoms. The van der Waals surface area contributed by atoms with Crippen LogP contribution < -0.4 is 15.6 Å². The van der Waals surface area contributed by atoms with Crippen LogP contribution in [0.1, 0.15) is 5.56 Å². The Hall–Kier alpha value is -3.87. The zero-order valence-electron chi connectivity index (χ0n) is 15.9. The first-order chi connectivity index (χ1) is 14.1. The summed E-state index contributed by atoms with van der Waals surface area (Å²) in [4.78, 5) is 25.1. The molecule has 4 aromatic rings. The number of fused-ring (bicyclic) bond motifs is 1. The van der Waals surface area contributed by atoms with Crippen molar-refractivity contribution >= 4 is 11.4 Å². The minimum Gasteiger partial charge on any atom is -0.497 e. The second-order valence-corrected chi connectivity index (χ2v) is 6.58. The van der Waals surface area contributed by atoms with Crippen LogP contribution in [0.2, 0.25) is 0 Å². The van der Waals surface area contributed by atoms with Crippen molar-refractivity contribution in [3.63, 3.8) is 0 Å². The largest absolute Gasteiger partial charge is 0.497 e. The van der Waals surface area contributed by atoms with Gasteiger partial charge in [-0.15, -0.1) is 0 Å². The van der Waals surface area contributed by atoms with E-state index in [0.29, 0.717) is 17.8 Å². The maximum atomic E-state index is 12.8. The molecule has 29 heavy (non-hydrogen) atoms. The highest BCUT2D eigenvalue weighted by molar-refractivity contribution is 5.76. The zero-order chi connectivity index (χ0) is 20.2. The van der Waals surface area contributed by atoms with E-state index in [1.54, 1.807) is 25.6 Å². The van der Waals surface area contributed by atoms with Crippen molar-refractivity contribution in [1.29, 1.82) is 0 Å². The number of ether oxygens (including phenoxy) is 1. The summed E-state index contributed by atoms with van der Waals surface area (Å²) in [5.41, 5.74) is 2.75. The van der Waals surface area contributed by atoms with Gasteiger partial charge in [-0.05, 0) is 23.8 Å². The predicted octanol–water partition coefficient (Wildman–Crippen LogP) is 2.49. The zero-order valence-corrected chi connectivity index (χ0v) is 15.9. The average molecular weight is 388 g/mol. The number of hydrogen-bond acceptors (Lipinski definition) is 4. The van der Waals surface area contributed by atoms with E-state index >= 15 is 0 Å². The Bertz CT molecular complexity index is 1190. The molecule has 7 heteroatoms.